The summed E-state index contributed by atoms with van der Waals surface area (Å²) >= 11 is 1.34. The molecule has 1 aliphatic rings. The molecule has 8 heteroatoms. The molecule has 1 aliphatic carbocycles. The number of aromatic nitrogens is 2. The summed E-state index contributed by atoms with van der Waals surface area (Å²) in [6.07, 6.45) is 2.84. The van der Waals surface area contributed by atoms with Crippen molar-refractivity contribution < 1.29 is 14.7 Å². The zero-order chi connectivity index (χ0) is 27.6. The molecule has 39 heavy (non-hydrogen) atoms. The average molecular weight is 541 g/mol. The first-order valence-electron chi connectivity index (χ1n) is 13.1. The summed E-state index contributed by atoms with van der Waals surface area (Å²) < 4.78 is 0. The second-order valence-electron chi connectivity index (χ2n) is 10.4. The Bertz CT molecular complexity index is 1530. The number of benzene rings is 2. The van der Waals surface area contributed by atoms with E-state index in [1.807, 2.05) is 50.4 Å². The minimum absolute atomic E-state index is 0.0383. The highest BCUT2D eigenvalue weighted by Gasteiger charge is 2.32. The predicted molar refractivity (Wildman–Crippen MR) is 155 cm³/mol. The summed E-state index contributed by atoms with van der Waals surface area (Å²) in [6.45, 7) is 5.87. The zero-order valence-corrected chi connectivity index (χ0v) is 23.2. The van der Waals surface area contributed by atoms with Crippen molar-refractivity contribution in [1.29, 1.82) is 0 Å². The molecule has 2 heterocycles. The van der Waals surface area contributed by atoms with Gasteiger partial charge in [-0.15, -0.1) is 11.3 Å². The van der Waals surface area contributed by atoms with E-state index in [0.29, 0.717) is 10.7 Å². The van der Waals surface area contributed by atoms with Crippen LogP contribution in [0.2, 0.25) is 0 Å². The highest BCUT2D eigenvalue weighted by Crippen LogP contribution is 2.37. The Kier molecular flexibility index (Phi) is 7.59. The lowest BCUT2D eigenvalue weighted by molar-refractivity contribution is -0.115. The van der Waals surface area contributed by atoms with Crippen molar-refractivity contribution in [2.75, 3.05) is 18.5 Å². The Morgan fingerprint density at radius 3 is 2.54 bits per heavy atom. The molecular weight excluding hydrogens is 508 g/mol. The van der Waals surface area contributed by atoms with Crippen molar-refractivity contribution in [3.63, 3.8) is 0 Å². The number of nitrogens with one attached hydrogen (secondary N) is 2. The van der Waals surface area contributed by atoms with Crippen molar-refractivity contribution in [2.24, 2.45) is 0 Å². The number of fused-ring (bicyclic) bond motifs is 1. The van der Waals surface area contributed by atoms with E-state index in [1.54, 1.807) is 6.07 Å². The number of aliphatic hydroxyl groups is 1. The van der Waals surface area contributed by atoms with Gasteiger partial charge in [0, 0.05) is 33.3 Å². The van der Waals surface area contributed by atoms with Gasteiger partial charge in [0.2, 0.25) is 5.91 Å². The van der Waals surface area contributed by atoms with Crippen LogP contribution in [0.25, 0.3) is 22.4 Å². The molecule has 4 aromatic rings. The summed E-state index contributed by atoms with van der Waals surface area (Å²) in [4.78, 5) is 34.4. The van der Waals surface area contributed by atoms with Crippen LogP contribution in [0, 0.1) is 13.8 Å². The van der Waals surface area contributed by atoms with Gasteiger partial charge < -0.3 is 15.7 Å². The number of pyridine rings is 1. The molecule has 0 saturated heterocycles. The highest BCUT2D eigenvalue weighted by atomic mass is 32.1. The molecule has 0 fully saturated rings. The molecule has 0 aliphatic heterocycles. The highest BCUT2D eigenvalue weighted by molar-refractivity contribution is 7.14. The van der Waals surface area contributed by atoms with Crippen LogP contribution in [-0.2, 0) is 16.6 Å². The van der Waals surface area contributed by atoms with Gasteiger partial charge in [-0.05, 0) is 85.7 Å². The summed E-state index contributed by atoms with van der Waals surface area (Å²) in [5.74, 6) is -0.670. The minimum Gasteiger partial charge on any atom is -0.395 e. The van der Waals surface area contributed by atoms with E-state index in [4.69, 9.17) is 0 Å². The third kappa shape index (κ3) is 5.92. The molecule has 0 saturated carbocycles. The van der Waals surface area contributed by atoms with Gasteiger partial charge in [-0.3, -0.25) is 14.6 Å². The van der Waals surface area contributed by atoms with Crippen molar-refractivity contribution in [3.05, 3.63) is 88.1 Å². The van der Waals surface area contributed by atoms with E-state index >= 15 is 0 Å². The molecule has 5 rings (SSSR count). The van der Waals surface area contributed by atoms with Crippen LogP contribution in [0.1, 0.15) is 52.6 Å². The van der Waals surface area contributed by atoms with Crippen LogP contribution in [-0.4, -0.2) is 40.0 Å². The van der Waals surface area contributed by atoms with Crippen LogP contribution < -0.4 is 10.6 Å². The number of carbonyl (C=O) groups excluding carboxylic acids is 2. The number of hydrogen-bond donors (Lipinski definition) is 3. The molecule has 2 aromatic carbocycles. The van der Waals surface area contributed by atoms with Gasteiger partial charge in [-0.25, -0.2) is 4.98 Å². The van der Waals surface area contributed by atoms with E-state index < -0.39 is 0 Å². The molecule has 1 atom stereocenters. The summed E-state index contributed by atoms with van der Waals surface area (Å²) in [7, 11) is 0. The smallest absolute Gasteiger partial charge is 0.251 e. The normalized spacial score (nSPS) is 16.4. The molecule has 2 amide bonds. The molecule has 3 N–H and O–H groups in total. The second kappa shape index (κ2) is 11.1. The number of nitrogens with zero attached hydrogens (tertiary/aromatic N) is 2. The fourth-order valence-corrected chi connectivity index (χ4v) is 5.95. The lowest BCUT2D eigenvalue weighted by atomic mass is 9.71. The van der Waals surface area contributed by atoms with Crippen LogP contribution in [0.4, 0.5) is 5.13 Å². The maximum Gasteiger partial charge on any atom is 0.251 e. The van der Waals surface area contributed by atoms with E-state index in [0.717, 1.165) is 58.6 Å². The molecule has 200 valence electrons. The first-order valence-corrected chi connectivity index (χ1v) is 14.0. The second-order valence-corrected chi connectivity index (χ2v) is 11.3. The van der Waals surface area contributed by atoms with Crippen molar-refractivity contribution in [3.8, 4) is 22.4 Å². The minimum atomic E-state index is -0.348. The van der Waals surface area contributed by atoms with Crippen molar-refractivity contribution >= 4 is 28.3 Å². The van der Waals surface area contributed by atoms with Gasteiger partial charge in [0.25, 0.3) is 5.91 Å². The molecule has 0 spiro atoms. The molecule has 2 aromatic heterocycles. The average Bonchev–Trinajstić information content (AvgIpc) is 3.40. The van der Waals surface area contributed by atoms with Crippen LogP contribution in [0.15, 0.2) is 60.0 Å². The fraction of sp³-hybridized carbons (Fsp3) is 0.290. The van der Waals surface area contributed by atoms with Crippen molar-refractivity contribution in [1.82, 2.24) is 15.3 Å². The van der Waals surface area contributed by atoms with Crippen LogP contribution >= 0.6 is 11.3 Å². The maximum atomic E-state index is 12.8. The van der Waals surface area contributed by atoms with Gasteiger partial charge >= 0.3 is 0 Å². The SMILES string of the molecule is Cc1cc(-c2cccc(-c3csc(NC(=O)CNC(=O)c4ccc5c(c4)[C@](C)(CO)CCC5)n3)c2)cc(C)n1. The number of hydrogen-bond acceptors (Lipinski definition) is 6. The maximum absolute atomic E-state index is 12.8. The number of aliphatic hydroxyl groups excluding tert-OH is 1. The Labute approximate surface area is 232 Å². The Balaban J connectivity index is 1.22. The number of aryl methyl sites for hydroxylation is 3. The quantitative estimate of drug-likeness (QED) is 0.289. The monoisotopic (exact) mass is 540 g/mol. The van der Waals surface area contributed by atoms with E-state index in [2.05, 4.69) is 44.9 Å². The van der Waals surface area contributed by atoms with Gasteiger partial charge in [0.05, 0.1) is 18.8 Å². The number of thiazole rings is 1. The molecule has 0 radical (unpaired) electrons. The largest absolute Gasteiger partial charge is 0.395 e. The summed E-state index contributed by atoms with van der Waals surface area (Å²) in [5, 5.41) is 17.8. The third-order valence-electron chi connectivity index (χ3n) is 7.28. The Hall–Kier alpha value is -3.88. The zero-order valence-electron chi connectivity index (χ0n) is 22.4. The van der Waals surface area contributed by atoms with Crippen LogP contribution in [0.5, 0.6) is 0 Å². The number of amides is 2. The topological polar surface area (TPSA) is 104 Å². The fourth-order valence-electron chi connectivity index (χ4n) is 5.21. The standard InChI is InChI=1S/C31H32N4O3S/c1-19-12-25(13-20(2)33-19)22-6-4-7-23(14-22)27-17-39-30(34-27)35-28(37)16-32-29(38)24-10-9-21-8-5-11-31(3,18-36)26(21)15-24/h4,6-7,9-10,12-15,17,36H,5,8,11,16,18H2,1-3H3,(H,32,38)(H,34,35,37)/t31-/m0/s1. The molecule has 7 nitrogen and oxygen atoms in total. The van der Waals surface area contributed by atoms with Gasteiger partial charge in [-0.1, -0.05) is 31.2 Å². The predicted octanol–water partition coefficient (Wildman–Crippen LogP) is 5.44. The van der Waals surface area contributed by atoms with E-state index in [-0.39, 0.29) is 30.4 Å². The lowest BCUT2D eigenvalue weighted by Crippen LogP contribution is -2.34. The van der Waals surface area contributed by atoms with Gasteiger partial charge in [0.1, 0.15) is 0 Å². The van der Waals surface area contributed by atoms with Gasteiger partial charge in [0.15, 0.2) is 5.13 Å². The number of anilines is 1. The molecule has 0 unspecified atom stereocenters. The first kappa shape index (κ1) is 26.7. The van der Waals surface area contributed by atoms with E-state index in [9.17, 15) is 14.7 Å². The first-order chi connectivity index (χ1) is 18.7. The summed E-state index contributed by atoms with van der Waals surface area (Å²) in [6, 6.07) is 17.8. The number of rotatable bonds is 7. The molecular formula is C31H32N4O3S. The third-order valence-corrected chi connectivity index (χ3v) is 8.04. The summed E-state index contributed by atoms with van der Waals surface area (Å²) in [5.41, 5.74) is 8.15. The molecule has 0 bridgehead atoms. The van der Waals surface area contributed by atoms with E-state index in [1.165, 1.54) is 16.9 Å². The number of carbonyl (C=O) groups is 2. The lowest BCUT2D eigenvalue weighted by Gasteiger charge is -2.34. The Morgan fingerprint density at radius 1 is 1.00 bits per heavy atom. The Morgan fingerprint density at radius 2 is 1.77 bits per heavy atom. The van der Waals surface area contributed by atoms with Crippen LogP contribution in [0.3, 0.4) is 0 Å². The van der Waals surface area contributed by atoms with Crippen molar-refractivity contribution in [2.45, 2.75) is 45.4 Å². The van der Waals surface area contributed by atoms with Gasteiger partial charge in [-0.2, -0.15) is 0 Å².